The van der Waals surface area contributed by atoms with Crippen LogP contribution in [0.5, 0.6) is 0 Å². The van der Waals surface area contributed by atoms with E-state index in [0.717, 1.165) is 18.0 Å². The Morgan fingerprint density at radius 1 is 1.17 bits per heavy atom. The van der Waals surface area contributed by atoms with Crippen molar-refractivity contribution in [3.05, 3.63) is 35.9 Å². The van der Waals surface area contributed by atoms with Crippen LogP contribution in [0.2, 0.25) is 0 Å². The van der Waals surface area contributed by atoms with Gasteiger partial charge < -0.3 is 9.64 Å². The summed E-state index contributed by atoms with van der Waals surface area (Å²) >= 11 is 0. The monoisotopic (exact) mass is 332 g/mol. The first-order valence-corrected chi connectivity index (χ1v) is 8.24. The second-order valence-electron chi connectivity index (χ2n) is 6.14. The third kappa shape index (κ3) is 2.70. The van der Waals surface area contributed by atoms with E-state index in [4.69, 9.17) is 4.74 Å². The average molecular weight is 332 g/mol. The Morgan fingerprint density at radius 3 is 2.46 bits per heavy atom. The zero-order chi connectivity index (χ0) is 17.2. The second-order valence-corrected chi connectivity index (χ2v) is 6.14. The van der Waals surface area contributed by atoms with Crippen molar-refractivity contribution in [2.75, 3.05) is 33.0 Å². The molecule has 24 heavy (non-hydrogen) atoms. The number of ether oxygens (including phenoxy) is 1. The maximum absolute atomic E-state index is 13.2. The van der Waals surface area contributed by atoms with Gasteiger partial charge in [0.2, 0.25) is 5.91 Å². The lowest BCUT2D eigenvalue weighted by Gasteiger charge is -2.40. The van der Waals surface area contributed by atoms with Gasteiger partial charge in [-0.3, -0.25) is 14.9 Å². The Bertz CT molecular complexity index is 642. The highest BCUT2D eigenvalue weighted by molar-refractivity contribution is 6.22. The van der Waals surface area contributed by atoms with Crippen LogP contribution in [-0.2, 0) is 19.7 Å². The molecule has 2 aliphatic rings. The minimum Gasteiger partial charge on any atom is -0.370 e. The van der Waals surface area contributed by atoms with Crippen molar-refractivity contribution in [2.45, 2.75) is 18.8 Å². The highest BCUT2D eigenvalue weighted by Crippen LogP contribution is 2.33. The van der Waals surface area contributed by atoms with Crippen LogP contribution in [0.4, 0.5) is 4.79 Å². The summed E-state index contributed by atoms with van der Waals surface area (Å²) in [5.74, 6) is -0.983. The van der Waals surface area contributed by atoms with E-state index < -0.39 is 23.3 Å². The summed E-state index contributed by atoms with van der Waals surface area (Å²) in [6.07, 6.45) is 0.296. The number of hydrogen-bond donors (Lipinski definition) is 2. The molecule has 0 saturated carbocycles. The number of morpholine rings is 1. The molecule has 2 aliphatic heterocycles. The fraction of sp³-hybridized carbons (Fsp3) is 0.471. The van der Waals surface area contributed by atoms with Crippen LogP contribution in [0.25, 0.3) is 0 Å². The summed E-state index contributed by atoms with van der Waals surface area (Å²) in [4.78, 5) is 40.3. The molecular weight excluding hydrogens is 310 g/mol. The summed E-state index contributed by atoms with van der Waals surface area (Å²) in [5.41, 5.74) is -0.731. The van der Waals surface area contributed by atoms with Crippen LogP contribution < -0.4 is 10.2 Å². The molecule has 0 aliphatic carbocycles. The van der Waals surface area contributed by atoms with Crippen molar-refractivity contribution < 1.29 is 24.0 Å². The Balaban J connectivity index is 1.92. The Labute approximate surface area is 140 Å². The van der Waals surface area contributed by atoms with Crippen LogP contribution >= 0.6 is 0 Å². The Kier molecular flexibility index (Phi) is 4.64. The number of nitrogens with one attached hydrogen (secondary N) is 2. The van der Waals surface area contributed by atoms with Gasteiger partial charge in [0.1, 0.15) is 13.1 Å². The standard InChI is InChI=1S/C17H21N3O4/c1-2-17(13-6-4-3-5-7-13)14(21)18-16(23)20(15(17)22)12-19-8-10-24-11-9-19/h3-7H,2,8-12H2,1H3,(H,18,21,23)/p+1/t17-/m0/s1. The Morgan fingerprint density at radius 2 is 1.83 bits per heavy atom. The van der Waals surface area contributed by atoms with E-state index >= 15 is 0 Å². The van der Waals surface area contributed by atoms with Gasteiger partial charge in [0.05, 0.1) is 13.2 Å². The maximum Gasteiger partial charge on any atom is 0.335 e. The topological polar surface area (TPSA) is 80.2 Å². The number of amides is 4. The van der Waals surface area contributed by atoms with Crippen molar-refractivity contribution in [1.29, 1.82) is 0 Å². The first kappa shape index (κ1) is 16.6. The van der Waals surface area contributed by atoms with E-state index in [9.17, 15) is 14.4 Å². The minimum absolute atomic E-state index is 0.246. The number of nitrogens with zero attached hydrogens (tertiary/aromatic N) is 1. The number of barbiturate groups is 1. The zero-order valence-electron chi connectivity index (χ0n) is 13.7. The summed E-state index contributed by atoms with van der Waals surface area (Å²) in [6, 6.07) is 8.30. The minimum atomic E-state index is -1.35. The van der Waals surface area contributed by atoms with E-state index in [1.54, 1.807) is 31.2 Å². The van der Waals surface area contributed by atoms with E-state index in [1.165, 1.54) is 4.90 Å². The maximum atomic E-state index is 13.2. The molecule has 2 fully saturated rings. The van der Waals surface area contributed by atoms with Gasteiger partial charge in [0, 0.05) is 0 Å². The van der Waals surface area contributed by atoms with Crippen molar-refractivity contribution in [3.63, 3.8) is 0 Å². The number of carbonyl (C=O) groups is 3. The number of imide groups is 2. The van der Waals surface area contributed by atoms with Gasteiger partial charge in [-0.25, -0.2) is 9.69 Å². The highest BCUT2D eigenvalue weighted by Gasteiger charge is 2.54. The molecule has 1 aromatic rings. The number of rotatable bonds is 4. The SMILES string of the molecule is CC[C@]1(c2ccccc2)C(=O)NC(=O)N(C[NH+]2CCOCC2)C1=O. The van der Waals surface area contributed by atoms with Gasteiger partial charge in [0.25, 0.3) is 5.91 Å². The molecule has 0 unspecified atom stereocenters. The van der Waals surface area contributed by atoms with Crippen molar-refractivity contribution >= 4 is 17.8 Å². The van der Waals surface area contributed by atoms with E-state index in [0.29, 0.717) is 25.2 Å². The lowest BCUT2D eigenvalue weighted by Crippen LogP contribution is -3.16. The first-order valence-electron chi connectivity index (χ1n) is 8.24. The van der Waals surface area contributed by atoms with Crippen LogP contribution in [0.15, 0.2) is 30.3 Å². The lowest BCUT2D eigenvalue weighted by molar-refractivity contribution is -0.915. The number of quaternary nitrogens is 1. The second kappa shape index (κ2) is 6.70. The summed E-state index contributed by atoms with van der Waals surface area (Å²) in [6.45, 7) is 4.71. The summed E-state index contributed by atoms with van der Waals surface area (Å²) in [5, 5.41) is 2.37. The van der Waals surface area contributed by atoms with Crippen molar-refractivity contribution in [2.24, 2.45) is 0 Å². The number of urea groups is 1. The third-order valence-electron chi connectivity index (χ3n) is 4.84. The van der Waals surface area contributed by atoms with Crippen LogP contribution in [0, 0.1) is 0 Å². The quantitative estimate of drug-likeness (QED) is 0.714. The molecule has 3 rings (SSSR count). The van der Waals surface area contributed by atoms with E-state index in [1.807, 2.05) is 6.07 Å². The van der Waals surface area contributed by atoms with Crippen LogP contribution in [0.3, 0.4) is 0 Å². The molecule has 0 aromatic heterocycles. The number of benzene rings is 1. The zero-order valence-corrected chi connectivity index (χ0v) is 13.7. The van der Waals surface area contributed by atoms with Gasteiger partial charge in [-0.05, 0) is 12.0 Å². The first-order chi connectivity index (χ1) is 11.6. The predicted octanol–water partition coefficient (Wildman–Crippen LogP) is -0.715. The summed E-state index contributed by atoms with van der Waals surface area (Å²) in [7, 11) is 0. The Hall–Kier alpha value is -2.25. The molecule has 2 saturated heterocycles. The molecule has 4 amide bonds. The molecule has 0 bridgehead atoms. The van der Waals surface area contributed by atoms with Crippen LogP contribution in [0.1, 0.15) is 18.9 Å². The molecule has 0 spiro atoms. The largest absolute Gasteiger partial charge is 0.370 e. The van der Waals surface area contributed by atoms with Crippen LogP contribution in [-0.4, -0.2) is 55.7 Å². The normalized spacial score (nSPS) is 25.7. The molecule has 7 nitrogen and oxygen atoms in total. The van der Waals surface area contributed by atoms with E-state index in [-0.39, 0.29) is 6.67 Å². The lowest BCUT2D eigenvalue weighted by atomic mass is 9.75. The molecule has 0 radical (unpaired) electrons. The smallest absolute Gasteiger partial charge is 0.335 e. The fourth-order valence-electron chi connectivity index (χ4n) is 3.37. The number of carbonyl (C=O) groups excluding carboxylic acids is 3. The van der Waals surface area contributed by atoms with Crippen molar-refractivity contribution in [1.82, 2.24) is 10.2 Å². The fourth-order valence-corrected chi connectivity index (χ4v) is 3.37. The summed E-state index contributed by atoms with van der Waals surface area (Å²) < 4.78 is 5.31. The predicted molar refractivity (Wildman–Crippen MR) is 85.2 cm³/mol. The third-order valence-corrected chi connectivity index (χ3v) is 4.84. The number of hydrogen-bond acceptors (Lipinski definition) is 4. The van der Waals surface area contributed by atoms with Gasteiger partial charge in [0.15, 0.2) is 12.1 Å². The van der Waals surface area contributed by atoms with Crippen molar-refractivity contribution in [3.8, 4) is 0 Å². The molecule has 7 heteroatoms. The molecule has 1 aromatic carbocycles. The molecule has 2 N–H and O–H groups in total. The van der Waals surface area contributed by atoms with E-state index in [2.05, 4.69) is 5.32 Å². The molecule has 128 valence electrons. The van der Waals surface area contributed by atoms with Gasteiger partial charge >= 0.3 is 6.03 Å². The average Bonchev–Trinajstić information content (AvgIpc) is 2.61. The van der Waals surface area contributed by atoms with Gasteiger partial charge in [-0.1, -0.05) is 37.3 Å². The molecule has 1 atom stereocenters. The van der Waals surface area contributed by atoms with Gasteiger partial charge in [-0.2, -0.15) is 0 Å². The van der Waals surface area contributed by atoms with Gasteiger partial charge in [-0.15, -0.1) is 0 Å². The highest BCUT2D eigenvalue weighted by atomic mass is 16.5. The molecule has 2 heterocycles. The molecular formula is C17H22N3O4+.